The van der Waals surface area contributed by atoms with E-state index in [4.69, 9.17) is 10.3 Å². The van der Waals surface area contributed by atoms with Gasteiger partial charge in [0.25, 0.3) is 0 Å². The van der Waals surface area contributed by atoms with Crippen LogP contribution in [0.25, 0.3) is 10.4 Å². The van der Waals surface area contributed by atoms with Crippen molar-refractivity contribution in [1.82, 2.24) is 4.90 Å². The normalized spacial score (nSPS) is 37.1. The standard InChI is InChI=1S/C8H14N4O/c1-8(2)12-5-6(10-11-9)7(12)3-4-13-8/h6-7H,3-5H2,1-2H3/t6-,7-/m1/s1. The van der Waals surface area contributed by atoms with Gasteiger partial charge in [0.05, 0.1) is 12.6 Å². The summed E-state index contributed by atoms with van der Waals surface area (Å²) >= 11 is 0. The molecule has 2 fully saturated rings. The number of nitrogens with zero attached hydrogens (tertiary/aromatic N) is 4. The lowest BCUT2D eigenvalue weighted by Gasteiger charge is -2.57. The Morgan fingerprint density at radius 3 is 3.08 bits per heavy atom. The molecule has 0 aliphatic carbocycles. The van der Waals surface area contributed by atoms with Gasteiger partial charge in [0.2, 0.25) is 0 Å². The van der Waals surface area contributed by atoms with Crippen LogP contribution in [0.1, 0.15) is 20.3 Å². The molecule has 2 aliphatic rings. The van der Waals surface area contributed by atoms with Gasteiger partial charge in [-0.25, -0.2) is 0 Å². The maximum atomic E-state index is 8.33. The topological polar surface area (TPSA) is 61.2 Å². The van der Waals surface area contributed by atoms with Crippen LogP contribution < -0.4 is 0 Å². The number of hydrogen-bond donors (Lipinski definition) is 0. The smallest absolute Gasteiger partial charge is 0.116 e. The Morgan fingerprint density at radius 1 is 1.62 bits per heavy atom. The third-order valence-corrected chi connectivity index (χ3v) is 2.99. The second-order valence-electron chi connectivity index (χ2n) is 4.08. The maximum Gasteiger partial charge on any atom is 0.116 e. The van der Waals surface area contributed by atoms with Crippen molar-refractivity contribution >= 4 is 0 Å². The van der Waals surface area contributed by atoms with E-state index in [2.05, 4.69) is 28.8 Å². The van der Waals surface area contributed by atoms with Crippen LogP contribution in [0.4, 0.5) is 0 Å². The zero-order valence-electron chi connectivity index (χ0n) is 7.97. The molecule has 0 saturated carbocycles. The lowest BCUT2D eigenvalue weighted by atomic mass is 9.89. The van der Waals surface area contributed by atoms with Crippen LogP contribution in [0.3, 0.4) is 0 Å². The molecule has 2 saturated heterocycles. The number of fused-ring (bicyclic) bond motifs is 1. The second-order valence-corrected chi connectivity index (χ2v) is 4.08. The monoisotopic (exact) mass is 182 g/mol. The second kappa shape index (κ2) is 2.87. The fraction of sp³-hybridized carbons (Fsp3) is 1.00. The molecular weight excluding hydrogens is 168 g/mol. The minimum atomic E-state index is -0.176. The predicted octanol–water partition coefficient (Wildman–Crippen LogP) is 1.51. The van der Waals surface area contributed by atoms with Gasteiger partial charge in [-0.2, -0.15) is 0 Å². The SMILES string of the molecule is CC1(C)OCC[C@@H]2[C@H](N=[N+]=[N-])CN21. The van der Waals surface area contributed by atoms with Crippen LogP contribution in [0, 0.1) is 0 Å². The van der Waals surface area contributed by atoms with Gasteiger partial charge in [0.15, 0.2) is 0 Å². The molecule has 0 unspecified atom stereocenters. The average Bonchev–Trinajstić information content (AvgIpc) is 2.03. The zero-order chi connectivity index (χ0) is 9.47. The van der Waals surface area contributed by atoms with Crippen LogP contribution in [0.15, 0.2) is 5.11 Å². The summed E-state index contributed by atoms with van der Waals surface area (Å²) < 4.78 is 5.62. The number of rotatable bonds is 1. The Bertz CT molecular complexity index is 259. The molecule has 2 atom stereocenters. The summed E-state index contributed by atoms with van der Waals surface area (Å²) in [6, 6.07) is 0.563. The molecule has 0 amide bonds. The molecule has 0 spiro atoms. The van der Waals surface area contributed by atoms with Crippen molar-refractivity contribution in [3.63, 3.8) is 0 Å². The lowest BCUT2D eigenvalue weighted by molar-refractivity contribution is -0.224. The van der Waals surface area contributed by atoms with Gasteiger partial charge >= 0.3 is 0 Å². The van der Waals surface area contributed by atoms with E-state index in [1.165, 1.54) is 0 Å². The quantitative estimate of drug-likeness (QED) is 0.350. The van der Waals surface area contributed by atoms with Crippen molar-refractivity contribution < 1.29 is 4.74 Å². The van der Waals surface area contributed by atoms with Crippen LogP contribution >= 0.6 is 0 Å². The summed E-state index contributed by atoms with van der Waals surface area (Å²) in [6.07, 6.45) is 0.979. The minimum absolute atomic E-state index is 0.160. The van der Waals surface area contributed by atoms with Gasteiger partial charge in [-0.3, -0.25) is 4.90 Å². The highest BCUT2D eigenvalue weighted by Crippen LogP contribution is 2.36. The van der Waals surface area contributed by atoms with Gasteiger partial charge in [-0.05, 0) is 25.8 Å². The van der Waals surface area contributed by atoms with E-state index in [0.717, 1.165) is 19.6 Å². The van der Waals surface area contributed by atoms with Crippen molar-refractivity contribution in [3.05, 3.63) is 10.4 Å². The first-order valence-corrected chi connectivity index (χ1v) is 4.60. The summed E-state index contributed by atoms with van der Waals surface area (Å²) in [5.74, 6) is 0. The Morgan fingerprint density at radius 2 is 2.38 bits per heavy atom. The minimum Gasteiger partial charge on any atom is -0.361 e. The van der Waals surface area contributed by atoms with Crippen molar-refractivity contribution in [2.45, 2.75) is 38.1 Å². The molecule has 5 heteroatoms. The predicted molar refractivity (Wildman–Crippen MR) is 48.1 cm³/mol. The molecule has 72 valence electrons. The number of hydrogen-bond acceptors (Lipinski definition) is 3. The highest BCUT2D eigenvalue weighted by molar-refractivity contribution is 5.02. The third kappa shape index (κ3) is 1.29. The van der Waals surface area contributed by atoms with E-state index in [1.54, 1.807) is 0 Å². The molecule has 0 bridgehead atoms. The first-order chi connectivity index (χ1) is 6.15. The van der Waals surface area contributed by atoms with Gasteiger partial charge in [0, 0.05) is 17.5 Å². The Labute approximate surface area is 77.3 Å². The number of ether oxygens (including phenoxy) is 1. The molecule has 0 aromatic heterocycles. The lowest BCUT2D eigenvalue weighted by Crippen LogP contribution is -2.69. The van der Waals surface area contributed by atoms with Crippen LogP contribution in [-0.4, -0.2) is 35.9 Å². The summed E-state index contributed by atoms with van der Waals surface area (Å²) in [4.78, 5) is 5.11. The first kappa shape index (κ1) is 8.81. The van der Waals surface area contributed by atoms with Gasteiger partial charge in [-0.15, -0.1) is 0 Å². The molecule has 0 aromatic carbocycles. The number of azide groups is 1. The summed E-state index contributed by atoms with van der Waals surface area (Å²) in [5.41, 5.74) is 8.15. The van der Waals surface area contributed by atoms with Gasteiger partial charge in [-0.1, -0.05) is 5.11 Å². The van der Waals surface area contributed by atoms with Crippen molar-refractivity contribution in [2.75, 3.05) is 13.2 Å². The van der Waals surface area contributed by atoms with Gasteiger partial charge in [0.1, 0.15) is 5.72 Å². The average molecular weight is 182 g/mol. The van der Waals surface area contributed by atoms with Crippen LogP contribution in [0.2, 0.25) is 0 Å². The van der Waals surface area contributed by atoms with Crippen molar-refractivity contribution in [2.24, 2.45) is 5.11 Å². The molecule has 2 heterocycles. The van der Waals surface area contributed by atoms with E-state index in [0.29, 0.717) is 6.04 Å². The van der Waals surface area contributed by atoms with Crippen LogP contribution in [-0.2, 0) is 4.74 Å². The molecule has 5 nitrogen and oxygen atoms in total. The summed E-state index contributed by atoms with van der Waals surface area (Å²) in [6.45, 7) is 5.73. The molecule has 2 aliphatic heterocycles. The van der Waals surface area contributed by atoms with E-state index >= 15 is 0 Å². The highest BCUT2D eigenvalue weighted by atomic mass is 16.5. The Kier molecular flexibility index (Phi) is 1.95. The van der Waals surface area contributed by atoms with Gasteiger partial charge < -0.3 is 4.74 Å². The summed E-state index contributed by atoms with van der Waals surface area (Å²) in [7, 11) is 0. The van der Waals surface area contributed by atoms with Crippen molar-refractivity contribution in [1.29, 1.82) is 0 Å². The molecule has 2 rings (SSSR count). The summed E-state index contributed by atoms with van der Waals surface area (Å²) in [5, 5.41) is 3.76. The van der Waals surface area contributed by atoms with E-state index in [9.17, 15) is 0 Å². The van der Waals surface area contributed by atoms with E-state index in [-0.39, 0.29) is 11.8 Å². The van der Waals surface area contributed by atoms with E-state index < -0.39 is 0 Å². The van der Waals surface area contributed by atoms with Crippen LogP contribution in [0.5, 0.6) is 0 Å². The third-order valence-electron chi connectivity index (χ3n) is 2.99. The van der Waals surface area contributed by atoms with Crippen molar-refractivity contribution in [3.8, 4) is 0 Å². The molecule has 13 heavy (non-hydrogen) atoms. The molecule has 0 radical (unpaired) electrons. The molecule has 0 N–H and O–H groups in total. The fourth-order valence-electron chi connectivity index (χ4n) is 2.19. The molecular formula is C8H14N4O. The largest absolute Gasteiger partial charge is 0.361 e. The first-order valence-electron chi connectivity index (χ1n) is 4.60. The van der Waals surface area contributed by atoms with E-state index in [1.807, 2.05) is 0 Å². The zero-order valence-corrected chi connectivity index (χ0v) is 7.97. The molecule has 0 aromatic rings. The Hall–Kier alpha value is -0.770. The maximum absolute atomic E-state index is 8.33. The Balaban J connectivity index is 2.07. The fourth-order valence-corrected chi connectivity index (χ4v) is 2.19. The highest BCUT2D eigenvalue weighted by Gasteiger charge is 2.48.